The average Bonchev–Trinajstić information content (AvgIpc) is 2.63. The highest BCUT2D eigenvalue weighted by Crippen LogP contribution is 2.18. The van der Waals surface area contributed by atoms with Crippen molar-refractivity contribution in [2.45, 2.75) is 103 Å². The van der Waals surface area contributed by atoms with Crippen LogP contribution in [0.1, 0.15) is 103 Å². The van der Waals surface area contributed by atoms with Gasteiger partial charge in [0.05, 0.1) is 6.61 Å². The Labute approximate surface area is 155 Å². The maximum Gasteiger partial charge on any atom is 0.220 e. The van der Waals surface area contributed by atoms with Crippen LogP contribution in [-0.2, 0) is 4.79 Å². The fraction of sp³-hybridized carbons (Fsp3) is 0.952. The Hall–Kier alpha value is -0.610. The number of aliphatic hydroxyl groups is 2. The van der Waals surface area contributed by atoms with Crippen molar-refractivity contribution in [2.24, 2.45) is 5.92 Å². The predicted octanol–water partition coefficient (Wildman–Crippen LogP) is 4.57. The van der Waals surface area contributed by atoms with Gasteiger partial charge in [0.2, 0.25) is 5.91 Å². The number of carbonyl (C=O) groups excluding carboxylic acids is 1. The normalized spacial score (nSPS) is 12.3. The minimum atomic E-state index is 0.0175. The van der Waals surface area contributed by atoms with Gasteiger partial charge in [-0.25, -0.2) is 0 Å². The monoisotopic (exact) mass is 357 g/mol. The Balaban J connectivity index is 3.30. The molecule has 0 aromatic carbocycles. The summed E-state index contributed by atoms with van der Waals surface area (Å²) in [7, 11) is 0. The Bertz CT molecular complexity index is 284. The zero-order valence-electron chi connectivity index (χ0n) is 16.6. The van der Waals surface area contributed by atoms with Crippen molar-refractivity contribution in [2.75, 3.05) is 19.8 Å². The molecule has 1 amide bonds. The quantitative estimate of drug-likeness (QED) is 0.296. The molecule has 0 aliphatic carbocycles. The van der Waals surface area contributed by atoms with Crippen LogP contribution in [0.3, 0.4) is 0 Å². The van der Waals surface area contributed by atoms with Crippen LogP contribution < -0.4 is 5.32 Å². The molecule has 1 atom stereocenters. The Morgan fingerprint density at radius 3 is 1.84 bits per heavy atom. The van der Waals surface area contributed by atoms with Gasteiger partial charge in [-0.3, -0.25) is 4.79 Å². The van der Waals surface area contributed by atoms with Gasteiger partial charge in [0.15, 0.2) is 0 Å². The third kappa shape index (κ3) is 18.0. The maximum atomic E-state index is 11.3. The van der Waals surface area contributed by atoms with E-state index in [9.17, 15) is 9.90 Å². The van der Waals surface area contributed by atoms with E-state index < -0.39 is 0 Å². The number of hydrogen-bond acceptors (Lipinski definition) is 3. The van der Waals surface area contributed by atoms with E-state index in [-0.39, 0.29) is 12.5 Å². The molecular formula is C21H43NO3. The minimum absolute atomic E-state index is 0.0175. The topological polar surface area (TPSA) is 69.6 Å². The van der Waals surface area contributed by atoms with E-state index in [0.717, 1.165) is 12.8 Å². The van der Waals surface area contributed by atoms with Crippen LogP contribution in [0.4, 0.5) is 0 Å². The van der Waals surface area contributed by atoms with Gasteiger partial charge in [0.25, 0.3) is 0 Å². The smallest absolute Gasteiger partial charge is 0.220 e. The van der Waals surface area contributed by atoms with Crippen LogP contribution in [-0.4, -0.2) is 35.9 Å². The van der Waals surface area contributed by atoms with Crippen molar-refractivity contribution in [3.8, 4) is 0 Å². The summed E-state index contributed by atoms with van der Waals surface area (Å²) in [5.41, 5.74) is 0. The number of rotatable bonds is 19. The van der Waals surface area contributed by atoms with E-state index in [2.05, 4.69) is 12.2 Å². The van der Waals surface area contributed by atoms with Crippen molar-refractivity contribution in [1.29, 1.82) is 0 Å². The van der Waals surface area contributed by atoms with Crippen LogP contribution in [0.15, 0.2) is 0 Å². The largest absolute Gasteiger partial charge is 0.396 e. The molecule has 0 aliphatic rings. The molecule has 0 radical (unpaired) electrons. The zero-order chi connectivity index (χ0) is 18.6. The lowest BCUT2D eigenvalue weighted by molar-refractivity contribution is -0.121. The molecule has 0 saturated carbocycles. The fourth-order valence-corrected chi connectivity index (χ4v) is 3.25. The summed E-state index contributed by atoms with van der Waals surface area (Å²) in [4.78, 5) is 11.3. The summed E-state index contributed by atoms with van der Waals surface area (Å²) in [6.07, 6.45) is 17.8. The second-order valence-electron chi connectivity index (χ2n) is 7.34. The first-order valence-corrected chi connectivity index (χ1v) is 10.7. The van der Waals surface area contributed by atoms with Crippen LogP contribution in [0.5, 0.6) is 0 Å². The van der Waals surface area contributed by atoms with Crippen molar-refractivity contribution in [1.82, 2.24) is 5.32 Å². The lowest BCUT2D eigenvalue weighted by Crippen LogP contribution is -2.25. The van der Waals surface area contributed by atoms with E-state index in [4.69, 9.17) is 5.11 Å². The molecule has 0 aromatic rings. The highest BCUT2D eigenvalue weighted by Gasteiger charge is 2.06. The van der Waals surface area contributed by atoms with Gasteiger partial charge in [-0.2, -0.15) is 0 Å². The van der Waals surface area contributed by atoms with Gasteiger partial charge in [-0.1, -0.05) is 77.6 Å². The molecule has 0 rings (SSSR count). The van der Waals surface area contributed by atoms with E-state index in [0.29, 0.717) is 25.5 Å². The molecule has 0 bridgehead atoms. The van der Waals surface area contributed by atoms with Crippen LogP contribution in [0.2, 0.25) is 0 Å². The number of unbranched alkanes of at least 4 members (excludes halogenated alkanes) is 10. The molecule has 4 nitrogen and oxygen atoms in total. The Morgan fingerprint density at radius 2 is 1.32 bits per heavy atom. The molecule has 0 heterocycles. The summed E-state index contributed by atoms with van der Waals surface area (Å²) in [5.74, 6) is 0.580. The zero-order valence-corrected chi connectivity index (χ0v) is 16.6. The van der Waals surface area contributed by atoms with Crippen LogP contribution in [0.25, 0.3) is 0 Å². The first-order valence-electron chi connectivity index (χ1n) is 10.7. The molecule has 0 saturated heterocycles. The first kappa shape index (κ1) is 24.4. The summed E-state index contributed by atoms with van der Waals surface area (Å²) in [6.45, 7) is 2.98. The maximum absolute atomic E-state index is 11.3. The SMILES string of the molecule is CCCCCCC(CO)CCCCCCCCCCC(=O)NCCO. The molecule has 4 heteroatoms. The van der Waals surface area contributed by atoms with Gasteiger partial charge in [0, 0.05) is 19.6 Å². The summed E-state index contributed by atoms with van der Waals surface area (Å²) in [5, 5.41) is 20.8. The van der Waals surface area contributed by atoms with Crippen molar-refractivity contribution < 1.29 is 15.0 Å². The second-order valence-corrected chi connectivity index (χ2v) is 7.34. The highest BCUT2D eigenvalue weighted by molar-refractivity contribution is 5.75. The van der Waals surface area contributed by atoms with Gasteiger partial charge in [0.1, 0.15) is 0 Å². The second kappa shape index (κ2) is 19.7. The lowest BCUT2D eigenvalue weighted by Gasteiger charge is -2.13. The number of hydrogen-bond donors (Lipinski definition) is 3. The third-order valence-corrected chi connectivity index (χ3v) is 4.92. The van der Waals surface area contributed by atoms with Crippen molar-refractivity contribution >= 4 is 5.91 Å². The van der Waals surface area contributed by atoms with Crippen LogP contribution in [0, 0.1) is 5.92 Å². The number of nitrogens with one attached hydrogen (secondary N) is 1. The summed E-state index contributed by atoms with van der Waals surface area (Å²) >= 11 is 0. The first-order chi connectivity index (χ1) is 12.2. The highest BCUT2D eigenvalue weighted by atomic mass is 16.3. The molecule has 0 fully saturated rings. The molecule has 0 aromatic heterocycles. The standard InChI is InChI=1S/C21H43NO3/c1-2-3-4-11-14-20(19-24)15-12-9-7-5-6-8-10-13-16-21(25)22-17-18-23/h20,23-24H,2-19H2,1H3,(H,22,25). The van der Waals surface area contributed by atoms with Crippen LogP contribution >= 0.6 is 0 Å². The van der Waals surface area contributed by atoms with Gasteiger partial charge in [-0.05, 0) is 25.2 Å². The predicted molar refractivity (Wildman–Crippen MR) is 106 cm³/mol. The molecule has 25 heavy (non-hydrogen) atoms. The fourth-order valence-electron chi connectivity index (χ4n) is 3.25. The summed E-state index contributed by atoms with van der Waals surface area (Å²) in [6, 6.07) is 0. The van der Waals surface area contributed by atoms with Gasteiger partial charge >= 0.3 is 0 Å². The van der Waals surface area contributed by atoms with Crippen molar-refractivity contribution in [3.63, 3.8) is 0 Å². The average molecular weight is 358 g/mol. The minimum Gasteiger partial charge on any atom is -0.396 e. The van der Waals surface area contributed by atoms with E-state index in [1.54, 1.807) is 0 Å². The Morgan fingerprint density at radius 1 is 0.800 bits per heavy atom. The summed E-state index contributed by atoms with van der Waals surface area (Å²) < 4.78 is 0. The Kier molecular flexibility index (Phi) is 19.2. The molecular weight excluding hydrogens is 314 g/mol. The van der Waals surface area contributed by atoms with E-state index in [1.165, 1.54) is 77.0 Å². The van der Waals surface area contributed by atoms with E-state index >= 15 is 0 Å². The van der Waals surface area contributed by atoms with Gasteiger partial charge < -0.3 is 15.5 Å². The molecule has 0 spiro atoms. The number of carbonyl (C=O) groups is 1. The lowest BCUT2D eigenvalue weighted by atomic mass is 9.95. The van der Waals surface area contributed by atoms with Gasteiger partial charge in [-0.15, -0.1) is 0 Å². The third-order valence-electron chi connectivity index (χ3n) is 4.92. The van der Waals surface area contributed by atoms with E-state index in [1.807, 2.05) is 0 Å². The molecule has 150 valence electrons. The molecule has 1 unspecified atom stereocenters. The number of aliphatic hydroxyl groups excluding tert-OH is 2. The molecule has 0 aliphatic heterocycles. The number of amides is 1. The van der Waals surface area contributed by atoms with Crippen molar-refractivity contribution in [3.05, 3.63) is 0 Å². The molecule has 3 N–H and O–H groups in total.